The summed E-state index contributed by atoms with van der Waals surface area (Å²) in [5, 5.41) is 10.9. The monoisotopic (exact) mass is 357 g/mol. The van der Waals surface area contributed by atoms with Crippen LogP contribution in [0.15, 0.2) is 30.3 Å². The number of hydrogen-bond acceptors (Lipinski definition) is 4. The van der Waals surface area contributed by atoms with Gasteiger partial charge in [-0.1, -0.05) is 30.3 Å². The fourth-order valence-electron chi connectivity index (χ4n) is 4.51. The third-order valence-corrected chi connectivity index (χ3v) is 6.21. The molecule has 1 aromatic rings. The quantitative estimate of drug-likeness (QED) is 0.863. The molecule has 3 heterocycles. The third kappa shape index (κ3) is 3.12. The molecule has 1 atom stereocenters. The second-order valence-electron chi connectivity index (χ2n) is 8.05. The van der Waals surface area contributed by atoms with Gasteiger partial charge in [-0.2, -0.15) is 0 Å². The van der Waals surface area contributed by atoms with Gasteiger partial charge >= 0.3 is 0 Å². The van der Waals surface area contributed by atoms with Gasteiger partial charge in [0, 0.05) is 39.1 Å². The van der Waals surface area contributed by atoms with Crippen LogP contribution in [0.3, 0.4) is 0 Å². The van der Waals surface area contributed by atoms with E-state index in [1.165, 1.54) is 0 Å². The maximum atomic E-state index is 12.9. The normalized spacial score (nSPS) is 26.8. The van der Waals surface area contributed by atoms with Gasteiger partial charge in [0.05, 0.1) is 17.6 Å². The molecular weight excluding hydrogens is 330 g/mol. The molecule has 3 fully saturated rings. The number of carbonyl (C=O) groups is 2. The van der Waals surface area contributed by atoms with Gasteiger partial charge in [-0.3, -0.25) is 9.59 Å². The Labute approximate surface area is 154 Å². The zero-order chi connectivity index (χ0) is 18.3. The SMILES string of the molecule is CN1CC(N2CC(C(=O)N3CCC(O)(c4ccccc4)CC3)CC2=O)C1. The fourth-order valence-corrected chi connectivity index (χ4v) is 4.51. The van der Waals surface area contributed by atoms with Crippen molar-refractivity contribution in [3.63, 3.8) is 0 Å². The molecule has 0 saturated carbocycles. The zero-order valence-corrected chi connectivity index (χ0v) is 15.3. The minimum atomic E-state index is -0.855. The van der Waals surface area contributed by atoms with Crippen molar-refractivity contribution in [1.82, 2.24) is 14.7 Å². The van der Waals surface area contributed by atoms with Crippen molar-refractivity contribution < 1.29 is 14.7 Å². The van der Waals surface area contributed by atoms with Crippen LogP contribution in [0.1, 0.15) is 24.8 Å². The number of hydrogen-bond donors (Lipinski definition) is 1. The molecule has 3 saturated heterocycles. The summed E-state index contributed by atoms with van der Waals surface area (Å²) < 4.78 is 0. The highest BCUT2D eigenvalue weighted by Gasteiger charge is 2.44. The molecule has 6 heteroatoms. The van der Waals surface area contributed by atoms with Gasteiger partial charge < -0.3 is 19.8 Å². The lowest BCUT2D eigenvalue weighted by Gasteiger charge is -2.42. The third-order valence-electron chi connectivity index (χ3n) is 6.21. The van der Waals surface area contributed by atoms with Crippen molar-refractivity contribution in [2.24, 2.45) is 5.92 Å². The molecular formula is C20H27N3O3. The Morgan fingerprint density at radius 2 is 1.77 bits per heavy atom. The van der Waals surface area contributed by atoms with Crippen molar-refractivity contribution in [2.45, 2.75) is 30.9 Å². The zero-order valence-electron chi connectivity index (χ0n) is 15.3. The average molecular weight is 357 g/mol. The van der Waals surface area contributed by atoms with Gasteiger partial charge in [-0.05, 0) is 25.5 Å². The number of aliphatic hydroxyl groups is 1. The maximum Gasteiger partial charge on any atom is 0.227 e. The number of likely N-dealkylation sites (tertiary alicyclic amines) is 3. The molecule has 0 aromatic heterocycles. The molecule has 0 bridgehead atoms. The van der Waals surface area contributed by atoms with Gasteiger partial charge in [-0.15, -0.1) is 0 Å². The molecule has 6 nitrogen and oxygen atoms in total. The van der Waals surface area contributed by atoms with Crippen LogP contribution in [0, 0.1) is 5.92 Å². The van der Waals surface area contributed by atoms with Crippen LogP contribution in [-0.2, 0) is 15.2 Å². The largest absolute Gasteiger partial charge is 0.385 e. The van der Waals surface area contributed by atoms with E-state index in [9.17, 15) is 14.7 Å². The van der Waals surface area contributed by atoms with Crippen molar-refractivity contribution in [3.05, 3.63) is 35.9 Å². The summed E-state index contributed by atoms with van der Waals surface area (Å²) in [6.07, 6.45) is 1.42. The first-order chi connectivity index (χ1) is 12.5. The Hall–Kier alpha value is -1.92. The first kappa shape index (κ1) is 17.5. The number of benzene rings is 1. The highest BCUT2D eigenvalue weighted by atomic mass is 16.3. The molecule has 0 spiro atoms. The predicted octanol–water partition coefficient (Wildman–Crippen LogP) is 0.659. The first-order valence-electron chi connectivity index (χ1n) is 9.51. The number of carbonyl (C=O) groups excluding carboxylic acids is 2. The molecule has 1 unspecified atom stereocenters. The van der Waals surface area contributed by atoms with Crippen LogP contribution < -0.4 is 0 Å². The Kier molecular flexibility index (Phi) is 4.49. The van der Waals surface area contributed by atoms with E-state index in [2.05, 4.69) is 4.90 Å². The van der Waals surface area contributed by atoms with E-state index < -0.39 is 5.60 Å². The lowest BCUT2D eigenvalue weighted by Crippen LogP contribution is -2.58. The maximum absolute atomic E-state index is 12.9. The highest BCUT2D eigenvalue weighted by Crippen LogP contribution is 2.34. The summed E-state index contributed by atoms with van der Waals surface area (Å²) in [4.78, 5) is 31.1. The van der Waals surface area contributed by atoms with E-state index in [0.29, 0.717) is 38.9 Å². The Morgan fingerprint density at radius 3 is 2.38 bits per heavy atom. The lowest BCUT2D eigenvalue weighted by atomic mass is 9.84. The summed E-state index contributed by atoms with van der Waals surface area (Å²) >= 11 is 0. The molecule has 3 aliphatic rings. The molecule has 140 valence electrons. The second-order valence-corrected chi connectivity index (χ2v) is 8.05. The van der Waals surface area contributed by atoms with Crippen molar-refractivity contribution in [2.75, 3.05) is 39.8 Å². The second kappa shape index (κ2) is 6.67. The number of piperidine rings is 1. The topological polar surface area (TPSA) is 64.1 Å². The summed E-state index contributed by atoms with van der Waals surface area (Å²) in [6, 6.07) is 9.97. The van der Waals surface area contributed by atoms with Gasteiger partial charge in [0.1, 0.15) is 0 Å². The highest BCUT2D eigenvalue weighted by molar-refractivity contribution is 5.89. The smallest absolute Gasteiger partial charge is 0.227 e. The van der Waals surface area contributed by atoms with Gasteiger partial charge in [0.2, 0.25) is 11.8 Å². The summed E-state index contributed by atoms with van der Waals surface area (Å²) in [5.74, 6) is -0.0424. The van der Waals surface area contributed by atoms with Gasteiger partial charge in [0.25, 0.3) is 0 Å². The lowest BCUT2D eigenvalue weighted by molar-refractivity contribution is -0.140. The molecule has 2 amide bonds. The Balaban J connectivity index is 1.35. The van der Waals surface area contributed by atoms with Crippen LogP contribution in [0.25, 0.3) is 0 Å². The number of likely N-dealkylation sites (N-methyl/N-ethyl adjacent to an activating group) is 1. The van der Waals surface area contributed by atoms with Crippen molar-refractivity contribution in [3.8, 4) is 0 Å². The van der Waals surface area contributed by atoms with E-state index >= 15 is 0 Å². The van der Waals surface area contributed by atoms with Crippen molar-refractivity contribution in [1.29, 1.82) is 0 Å². The molecule has 26 heavy (non-hydrogen) atoms. The molecule has 3 aliphatic heterocycles. The van der Waals surface area contributed by atoms with Crippen LogP contribution in [0.2, 0.25) is 0 Å². The van der Waals surface area contributed by atoms with Crippen LogP contribution in [0.4, 0.5) is 0 Å². The first-order valence-corrected chi connectivity index (χ1v) is 9.51. The predicted molar refractivity (Wildman–Crippen MR) is 97.3 cm³/mol. The molecule has 1 N–H and O–H groups in total. The van der Waals surface area contributed by atoms with Crippen LogP contribution in [0.5, 0.6) is 0 Å². The minimum Gasteiger partial charge on any atom is -0.385 e. The molecule has 0 radical (unpaired) electrons. The van der Waals surface area contributed by atoms with Crippen LogP contribution >= 0.6 is 0 Å². The number of nitrogens with zero attached hydrogens (tertiary/aromatic N) is 3. The van der Waals surface area contributed by atoms with E-state index in [0.717, 1.165) is 18.7 Å². The van der Waals surface area contributed by atoms with Crippen molar-refractivity contribution >= 4 is 11.8 Å². The van der Waals surface area contributed by atoms with Gasteiger partial charge in [-0.25, -0.2) is 0 Å². The van der Waals surface area contributed by atoms with E-state index in [1.807, 2.05) is 47.2 Å². The number of rotatable bonds is 3. The Morgan fingerprint density at radius 1 is 1.12 bits per heavy atom. The summed E-state index contributed by atoms with van der Waals surface area (Å²) in [6.45, 7) is 3.44. The summed E-state index contributed by atoms with van der Waals surface area (Å²) in [7, 11) is 2.04. The Bertz CT molecular complexity index is 679. The van der Waals surface area contributed by atoms with Crippen LogP contribution in [-0.4, -0.2) is 77.4 Å². The average Bonchev–Trinajstić information content (AvgIpc) is 3.01. The molecule has 0 aliphatic carbocycles. The van der Waals surface area contributed by atoms with Gasteiger partial charge in [0.15, 0.2) is 0 Å². The van der Waals surface area contributed by atoms with E-state index in [1.54, 1.807) is 0 Å². The molecule has 4 rings (SSSR count). The van der Waals surface area contributed by atoms with E-state index in [-0.39, 0.29) is 23.8 Å². The number of amides is 2. The molecule has 1 aromatic carbocycles. The minimum absolute atomic E-state index is 0.0728. The fraction of sp³-hybridized carbons (Fsp3) is 0.600. The standard InChI is InChI=1S/C20H27N3O3/c1-21-13-17(14-21)23-12-15(11-18(23)24)19(25)22-9-7-20(26,8-10-22)16-5-3-2-4-6-16/h2-6,15,17,26H,7-14H2,1H3. The van der Waals surface area contributed by atoms with E-state index in [4.69, 9.17) is 0 Å². The summed E-state index contributed by atoms with van der Waals surface area (Å²) in [5.41, 5.74) is 0.0648.